The minimum Gasteiger partial charge on any atom is -0.395 e. The fraction of sp³-hybridized carbons (Fsp3) is 0.667. The zero-order valence-electron chi connectivity index (χ0n) is 12.4. The Balaban J connectivity index is 1.88. The molecular weight excluding hydrogens is 252 g/mol. The second-order valence-corrected chi connectivity index (χ2v) is 5.24. The van der Waals surface area contributed by atoms with E-state index in [1.807, 2.05) is 6.07 Å². The number of hydrogen-bond acceptors (Lipinski definition) is 5. The van der Waals surface area contributed by atoms with E-state index in [9.17, 15) is 0 Å². The molecule has 1 aliphatic rings. The molecule has 1 aromatic rings. The van der Waals surface area contributed by atoms with Crippen LogP contribution in [0.4, 0.5) is 5.82 Å². The Bertz CT molecular complexity index is 399. The van der Waals surface area contributed by atoms with Crippen LogP contribution in [-0.4, -0.2) is 65.8 Å². The first-order valence-corrected chi connectivity index (χ1v) is 7.57. The third-order valence-corrected chi connectivity index (χ3v) is 3.65. The van der Waals surface area contributed by atoms with Crippen molar-refractivity contribution in [1.82, 2.24) is 14.8 Å². The second-order valence-electron chi connectivity index (χ2n) is 5.24. The first-order valence-electron chi connectivity index (χ1n) is 7.57. The predicted molar refractivity (Wildman–Crippen MR) is 81.8 cm³/mol. The van der Waals surface area contributed by atoms with E-state index in [-0.39, 0.29) is 6.61 Å². The SMILES string of the molecule is CCNc1cccc(CN2CCCN(CCO)CC2)n1. The van der Waals surface area contributed by atoms with Crippen molar-refractivity contribution in [3.05, 3.63) is 23.9 Å². The lowest BCUT2D eigenvalue weighted by atomic mass is 10.3. The number of β-amino-alcohol motifs (C(OH)–C–C–N with tert-alkyl or cyclic N) is 1. The molecule has 0 unspecified atom stereocenters. The van der Waals surface area contributed by atoms with Crippen molar-refractivity contribution in [2.24, 2.45) is 0 Å². The van der Waals surface area contributed by atoms with E-state index in [2.05, 4.69) is 39.2 Å². The Morgan fingerprint density at radius 1 is 1.20 bits per heavy atom. The van der Waals surface area contributed by atoms with Crippen LogP contribution >= 0.6 is 0 Å². The summed E-state index contributed by atoms with van der Waals surface area (Å²) < 4.78 is 0. The van der Waals surface area contributed by atoms with Crippen molar-refractivity contribution in [2.75, 3.05) is 51.2 Å². The Labute approximate surface area is 121 Å². The molecule has 5 heteroatoms. The van der Waals surface area contributed by atoms with E-state index >= 15 is 0 Å². The number of nitrogens with one attached hydrogen (secondary N) is 1. The van der Waals surface area contributed by atoms with Gasteiger partial charge in [0.15, 0.2) is 0 Å². The maximum Gasteiger partial charge on any atom is 0.126 e. The number of hydrogen-bond donors (Lipinski definition) is 2. The highest BCUT2D eigenvalue weighted by Crippen LogP contribution is 2.10. The average molecular weight is 278 g/mol. The van der Waals surface area contributed by atoms with Gasteiger partial charge in [0.1, 0.15) is 5.82 Å². The lowest BCUT2D eigenvalue weighted by molar-refractivity contribution is 0.195. The molecule has 0 spiro atoms. The summed E-state index contributed by atoms with van der Waals surface area (Å²) in [6.07, 6.45) is 1.16. The summed E-state index contributed by atoms with van der Waals surface area (Å²) >= 11 is 0. The lowest BCUT2D eigenvalue weighted by Gasteiger charge is -2.21. The van der Waals surface area contributed by atoms with Crippen molar-refractivity contribution in [3.63, 3.8) is 0 Å². The van der Waals surface area contributed by atoms with Gasteiger partial charge in [-0.1, -0.05) is 6.07 Å². The van der Waals surface area contributed by atoms with E-state index in [1.165, 1.54) is 0 Å². The van der Waals surface area contributed by atoms with Crippen LogP contribution in [0.2, 0.25) is 0 Å². The molecule has 1 fully saturated rings. The maximum absolute atomic E-state index is 9.02. The fourth-order valence-electron chi connectivity index (χ4n) is 2.62. The van der Waals surface area contributed by atoms with E-state index in [0.29, 0.717) is 0 Å². The van der Waals surface area contributed by atoms with Gasteiger partial charge in [-0.15, -0.1) is 0 Å². The molecule has 0 amide bonds. The molecule has 2 N–H and O–H groups in total. The van der Waals surface area contributed by atoms with Crippen LogP contribution in [0.15, 0.2) is 18.2 Å². The highest BCUT2D eigenvalue weighted by molar-refractivity contribution is 5.34. The molecule has 2 rings (SSSR count). The number of aliphatic hydroxyl groups is 1. The third kappa shape index (κ3) is 4.74. The summed E-state index contributed by atoms with van der Waals surface area (Å²) in [4.78, 5) is 9.43. The number of nitrogens with zero attached hydrogens (tertiary/aromatic N) is 3. The van der Waals surface area contributed by atoms with Crippen LogP contribution in [0.5, 0.6) is 0 Å². The zero-order valence-corrected chi connectivity index (χ0v) is 12.4. The van der Waals surface area contributed by atoms with Crippen molar-refractivity contribution in [2.45, 2.75) is 19.9 Å². The maximum atomic E-state index is 9.02. The minimum absolute atomic E-state index is 0.256. The largest absolute Gasteiger partial charge is 0.395 e. The second kappa shape index (κ2) is 8.19. The summed E-state index contributed by atoms with van der Waals surface area (Å²) in [6.45, 7) is 9.22. The zero-order chi connectivity index (χ0) is 14.2. The van der Waals surface area contributed by atoms with Crippen LogP contribution in [0.25, 0.3) is 0 Å². The van der Waals surface area contributed by atoms with Crippen LogP contribution < -0.4 is 5.32 Å². The molecule has 1 aliphatic heterocycles. The third-order valence-electron chi connectivity index (χ3n) is 3.65. The highest BCUT2D eigenvalue weighted by Gasteiger charge is 2.14. The Hall–Kier alpha value is -1.17. The Morgan fingerprint density at radius 2 is 2.00 bits per heavy atom. The lowest BCUT2D eigenvalue weighted by Crippen LogP contribution is -2.32. The molecule has 2 heterocycles. The van der Waals surface area contributed by atoms with E-state index in [0.717, 1.165) is 63.7 Å². The van der Waals surface area contributed by atoms with Gasteiger partial charge in [0.05, 0.1) is 12.3 Å². The molecule has 0 bridgehead atoms. The topological polar surface area (TPSA) is 51.6 Å². The van der Waals surface area contributed by atoms with Gasteiger partial charge >= 0.3 is 0 Å². The monoisotopic (exact) mass is 278 g/mol. The predicted octanol–water partition coefficient (Wildman–Crippen LogP) is 1.01. The molecule has 1 aromatic heterocycles. The van der Waals surface area contributed by atoms with Crippen LogP contribution in [0.1, 0.15) is 19.0 Å². The molecule has 0 saturated carbocycles. The normalized spacial score (nSPS) is 17.9. The molecular formula is C15H26N4O. The van der Waals surface area contributed by atoms with Gasteiger partial charge in [-0.3, -0.25) is 9.80 Å². The van der Waals surface area contributed by atoms with Crippen molar-refractivity contribution >= 4 is 5.82 Å². The highest BCUT2D eigenvalue weighted by atomic mass is 16.3. The van der Waals surface area contributed by atoms with Gasteiger partial charge in [-0.05, 0) is 38.6 Å². The summed E-state index contributed by atoms with van der Waals surface area (Å²) in [7, 11) is 0. The van der Waals surface area contributed by atoms with Crippen LogP contribution in [0, 0.1) is 0 Å². The molecule has 0 radical (unpaired) electrons. The first-order chi connectivity index (χ1) is 9.81. The molecule has 0 aliphatic carbocycles. The van der Waals surface area contributed by atoms with Gasteiger partial charge in [-0.25, -0.2) is 4.98 Å². The molecule has 1 saturated heterocycles. The molecule has 0 atom stereocenters. The van der Waals surface area contributed by atoms with Crippen LogP contribution in [-0.2, 0) is 6.54 Å². The number of aliphatic hydroxyl groups excluding tert-OH is 1. The van der Waals surface area contributed by atoms with E-state index in [4.69, 9.17) is 5.11 Å². The van der Waals surface area contributed by atoms with Crippen LogP contribution in [0.3, 0.4) is 0 Å². The van der Waals surface area contributed by atoms with Crippen molar-refractivity contribution < 1.29 is 5.11 Å². The standard InChI is InChI=1S/C15H26N4O/c1-2-16-15-6-3-5-14(17-15)13-19-8-4-7-18(9-10-19)11-12-20/h3,5-6,20H,2,4,7-13H2,1H3,(H,16,17). The van der Waals surface area contributed by atoms with Gasteiger partial charge in [0, 0.05) is 32.7 Å². The smallest absolute Gasteiger partial charge is 0.126 e. The molecule has 112 valence electrons. The number of rotatable bonds is 6. The van der Waals surface area contributed by atoms with Gasteiger partial charge < -0.3 is 10.4 Å². The Morgan fingerprint density at radius 3 is 2.80 bits per heavy atom. The summed E-state index contributed by atoms with van der Waals surface area (Å²) in [5.74, 6) is 0.960. The Kier molecular flexibility index (Phi) is 6.24. The summed E-state index contributed by atoms with van der Waals surface area (Å²) in [6, 6.07) is 6.17. The molecule has 5 nitrogen and oxygen atoms in total. The first kappa shape index (κ1) is 15.2. The average Bonchev–Trinajstić information content (AvgIpc) is 2.66. The number of anilines is 1. The van der Waals surface area contributed by atoms with E-state index < -0.39 is 0 Å². The molecule has 0 aromatic carbocycles. The fourth-order valence-corrected chi connectivity index (χ4v) is 2.62. The van der Waals surface area contributed by atoms with Crippen molar-refractivity contribution in [1.29, 1.82) is 0 Å². The van der Waals surface area contributed by atoms with Gasteiger partial charge in [0.2, 0.25) is 0 Å². The number of pyridine rings is 1. The summed E-state index contributed by atoms with van der Waals surface area (Å²) in [5, 5.41) is 12.3. The van der Waals surface area contributed by atoms with E-state index in [1.54, 1.807) is 0 Å². The van der Waals surface area contributed by atoms with Gasteiger partial charge in [0.25, 0.3) is 0 Å². The quantitative estimate of drug-likeness (QED) is 0.813. The molecule has 20 heavy (non-hydrogen) atoms. The van der Waals surface area contributed by atoms with Gasteiger partial charge in [-0.2, -0.15) is 0 Å². The summed E-state index contributed by atoms with van der Waals surface area (Å²) in [5.41, 5.74) is 1.12. The van der Waals surface area contributed by atoms with Crippen molar-refractivity contribution in [3.8, 4) is 0 Å². The minimum atomic E-state index is 0.256. The number of aromatic nitrogens is 1.